The summed E-state index contributed by atoms with van der Waals surface area (Å²) < 4.78 is 5.41. The monoisotopic (exact) mass is 411 g/mol. The highest BCUT2D eigenvalue weighted by Crippen LogP contribution is 2.28. The third-order valence-electron chi connectivity index (χ3n) is 5.54. The Kier molecular flexibility index (Phi) is 7.67. The Morgan fingerprint density at radius 2 is 1.79 bits per heavy atom. The lowest BCUT2D eigenvalue weighted by Gasteiger charge is -2.40. The lowest BCUT2D eigenvalue weighted by atomic mass is 9.84. The number of carbonyl (C=O) groups excluding carboxylic acids is 3. The number of hydrogen-bond donors (Lipinski definition) is 1. The fraction of sp³-hybridized carbons (Fsp3) is 0.857. The largest absolute Gasteiger partial charge is 0.444 e. The van der Waals surface area contributed by atoms with Gasteiger partial charge in [0, 0.05) is 39.1 Å². The molecule has 2 heterocycles. The van der Waals surface area contributed by atoms with E-state index in [2.05, 4.69) is 18.7 Å². The first-order valence-electron chi connectivity index (χ1n) is 10.5. The topological polar surface area (TPSA) is 90.4 Å². The number of ether oxygens (including phenoxy) is 1. The van der Waals surface area contributed by atoms with Crippen LogP contribution in [0.4, 0.5) is 4.79 Å². The van der Waals surface area contributed by atoms with E-state index in [9.17, 15) is 19.5 Å². The molecule has 0 saturated carbocycles. The summed E-state index contributed by atoms with van der Waals surface area (Å²) in [7, 11) is 0. The van der Waals surface area contributed by atoms with Gasteiger partial charge in [0.2, 0.25) is 5.91 Å². The molecule has 8 nitrogen and oxygen atoms in total. The van der Waals surface area contributed by atoms with Crippen LogP contribution in [-0.4, -0.2) is 95.1 Å². The molecule has 2 aliphatic heterocycles. The molecular weight excluding hydrogens is 374 g/mol. The van der Waals surface area contributed by atoms with Gasteiger partial charge in [-0.25, -0.2) is 4.79 Å². The summed E-state index contributed by atoms with van der Waals surface area (Å²) >= 11 is 0. The van der Waals surface area contributed by atoms with Crippen LogP contribution in [0.25, 0.3) is 0 Å². The highest BCUT2D eigenvalue weighted by molar-refractivity contribution is 5.77. The summed E-state index contributed by atoms with van der Waals surface area (Å²) in [6.45, 7) is 13.0. The summed E-state index contributed by atoms with van der Waals surface area (Å²) in [5.41, 5.74) is -0.771. The van der Waals surface area contributed by atoms with E-state index >= 15 is 0 Å². The van der Waals surface area contributed by atoms with Crippen LogP contribution in [0, 0.1) is 5.41 Å². The second-order valence-corrected chi connectivity index (χ2v) is 10.1. The molecule has 166 valence electrons. The number of likely N-dealkylation sites (tertiary alicyclic amines) is 1. The maximum absolute atomic E-state index is 12.5. The van der Waals surface area contributed by atoms with Crippen molar-refractivity contribution in [1.82, 2.24) is 14.7 Å². The second kappa shape index (κ2) is 9.43. The van der Waals surface area contributed by atoms with Crippen LogP contribution in [0.2, 0.25) is 0 Å². The third-order valence-corrected chi connectivity index (χ3v) is 5.54. The number of aliphatic hydroxyl groups excluding tert-OH is 1. The summed E-state index contributed by atoms with van der Waals surface area (Å²) in [4.78, 5) is 41.8. The van der Waals surface area contributed by atoms with Gasteiger partial charge in [0.1, 0.15) is 17.9 Å². The van der Waals surface area contributed by atoms with Crippen molar-refractivity contribution >= 4 is 18.3 Å². The fourth-order valence-corrected chi connectivity index (χ4v) is 3.77. The van der Waals surface area contributed by atoms with E-state index in [1.54, 1.807) is 4.90 Å². The summed E-state index contributed by atoms with van der Waals surface area (Å²) in [5.74, 6) is 0.0899. The fourth-order valence-electron chi connectivity index (χ4n) is 3.77. The van der Waals surface area contributed by atoms with Gasteiger partial charge in [-0.3, -0.25) is 14.6 Å². The standard InChI is InChI=1S/C21H37N3O5/c1-20(2,3)29-19(28)24-11-10-22(13-16(24)15-25)9-7-21(4,5)12-18(27)23-8-6-17(26)14-23/h15-17,26H,6-14H2,1-5H3. The predicted octanol–water partition coefficient (Wildman–Crippen LogP) is 1.51. The molecule has 2 atom stereocenters. The van der Waals surface area contributed by atoms with Crippen LogP contribution in [-0.2, 0) is 14.3 Å². The van der Waals surface area contributed by atoms with E-state index in [1.165, 1.54) is 4.90 Å². The van der Waals surface area contributed by atoms with Gasteiger partial charge >= 0.3 is 6.09 Å². The van der Waals surface area contributed by atoms with Gasteiger partial charge in [-0.05, 0) is 45.6 Å². The highest BCUT2D eigenvalue weighted by Gasteiger charge is 2.34. The zero-order valence-electron chi connectivity index (χ0n) is 18.5. The van der Waals surface area contributed by atoms with Gasteiger partial charge in [-0.2, -0.15) is 0 Å². The quantitative estimate of drug-likeness (QED) is 0.666. The summed E-state index contributed by atoms with van der Waals surface area (Å²) in [6.07, 6.45) is 1.86. The van der Waals surface area contributed by atoms with Crippen molar-refractivity contribution in [2.24, 2.45) is 5.41 Å². The molecule has 0 aromatic rings. The first kappa shape index (κ1) is 23.6. The Hall–Kier alpha value is -1.67. The Balaban J connectivity index is 1.82. The molecular formula is C21H37N3O5. The number of amides is 2. The van der Waals surface area contributed by atoms with Crippen molar-refractivity contribution in [3.05, 3.63) is 0 Å². The van der Waals surface area contributed by atoms with E-state index in [-0.39, 0.29) is 11.3 Å². The molecule has 0 bridgehead atoms. The van der Waals surface area contributed by atoms with E-state index in [4.69, 9.17) is 4.74 Å². The number of hydrogen-bond acceptors (Lipinski definition) is 6. The predicted molar refractivity (Wildman–Crippen MR) is 109 cm³/mol. The number of nitrogens with zero attached hydrogens (tertiary/aromatic N) is 3. The molecule has 2 unspecified atom stereocenters. The molecule has 2 saturated heterocycles. The van der Waals surface area contributed by atoms with Crippen LogP contribution in [0.1, 0.15) is 53.9 Å². The minimum atomic E-state index is -0.594. The minimum absolute atomic E-state index is 0.0899. The second-order valence-electron chi connectivity index (χ2n) is 10.1. The molecule has 2 fully saturated rings. The smallest absolute Gasteiger partial charge is 0.410 e. The maximum Gasteiger partial charge on any atom is 0.410 e. The van der Waals surface area contributed by atoms with Gasteiger partial charge in [0.15, 0.2) is 0 Å². The third kappa shape index (κ3) is 7.26. The molecule has 2 amide bonds. The highest BCUT2D eigenvalue weighted by atomic mass is 16.6. The molecule has 2 rings (SSSR count). The number of piperazine rings is 1. The Bertz CT molecular complexity index is 602. The van der Waals surface area contributed by atoms with Crippen molar-refractivity contribution in [2.45, 2.75) is 71.6 Å². The normalized spacial score (nSPS) is 23.9. The molecule has 0 aromatic heterocycles. The molecule has 0 spiro atoms. The van der Waals surface area contributed by atoms with E-state index in [0.29, 0.717) is 45.6 Å². The maximum atomic E-state index is 12.5. The lowest BCUT2D eigenvalue weighted by molar-refractivity contribution is -0.132. The van der Waals surface area contributed by atoms with Crippen LogP contribution < -0.4 is 0 Å². The van der Waals surface area contributed by atoms with Crippen LogP contribution in [0.5, 0.6) is 0 Å². The molecule has 0 aromatic carbocycles. The minimum Gasteiger partial charge on any atom is -0.444 e. The summed E-state index contributed by atoms with van der Waals surface area (Å²) in [5, 5.41) is 9.63. The molecule has 0 radical (unpaired) electrons. The van der Waals surface area contributed by atoms with Gasteiger partial charge in [0.05, 0.1) is 6.10 Å². The molecule has 29 heavy (non-hydrogen) atoms. The van der Waals surface area contributed by atoms with Crippen molar-refractivity contribution in [3.63, 3.8) is 0 Å². The number of rotatable bonds is 6. The van der Waals surface area contributed by atoms with Crippen LogP contribution >= 0.6 is 0 Å². The van der Waals surface area contributed by atoms with E-state index < -0.39 is 23.8 Å². The lowest BCUT2D eigenvalue weighted by Crippen LogP contribution is -2.57. The van der Waals surface area contributed by atoms with E-state index in [0.717, 1.165) is 19.3 Å². The van der Waals surface area contributed by atoms with Crippen molar-refractivity contribution < 1.29 is 24.2 Å². The number of aliphatic hydroxyl groups is 1. The SMILES string of the molecule is CC(C)(CCN1CCN(C(=O)OC(C)(C)C)C(C=O)C1)CC(=O)N1CCC(O)C1. The average molecular weight is 412 g/mol. The van der Waals surface area contributed by atoms with Gasteiger partial charge in [-0.1, -0.05) is 13.8 Å². The summed E-state index contributed by atoms with van der Waals surface area (Å²) in [6, 6.07) is -0.519. The van der Waals surface area contributed by atoms with E-state index in [1.807, 2.05) is 20.8 Å². The van der Waals surface area contributed by atoms with Gasteiger partial charge < -0.3 is 19.5 Å². The number of aldehydes is 1. The zero-order chi connectivity index (χ0) is 21.8. The molecule has 8 heteroatoms. The van der Waals surface area contributed by atoms with Gasteiger partial charge in [0.25, 0.3) is 0 Å². The molecule has 0 aliphatic carbocycles. The molecule has 2 aliphatic rings. The first-order valence-corrected chi connectivity index (χ1v) is 10.5. The van der Waals surface area contributed by atoms with Gasteiger partial charge in [-0.15, -0.1) is 0 Å². The van der Waals surface area contributed by atoms with Crippen molar-refractivity contribution in [2.75, 3.05) is 39.3 Å². The number of carbonyl (C=O) groups is 3. The Labute approximate surface area is 174 Å². The van der Waals surface area contributed by atoms with Crippen molar-refractivity contribution in [1.29, 1.82) is 0 Å². The number of β-amino-alcohol motifs (C(OH)–C–C–N with tert-alkyl or cyclic N) is 1. The average Bonchev–Trinajstić information content (AvgIpc) is 3.04. The Morgan fingerprint density at radius 1 is 1.10 bits per heavy atom. The zero-order valence-corrected chi connectivity index (χ0v) is 18.5. The Morgan fingerprint density at radius 3 is 2.34 bits per heavy atom. The van der Waals surface area contributed by atoms with Crippen molar-refractivity contribution in [3.8, 4) is 0 Å². The van der Waals surface area contributed by atoms with Crippen LogP contribution in [0.3, 0.4) is 0 Å². The van der Waals surface area contributed by atoms with Crippen LogP contribution in [0.15, 0.2) is 0 Å². The first-order chi connectivity index (χ1) is 13.4. The molecule has 1 N–H and O–H groups in total.